The second-order valence-electron chi connectivity index (χ2n) is 7.14. The van der Waals surface area contributed by atoms with Crippen LogP contribution in [0.2, 0.25) is 0 Å². The van der Waals surface area contributed by atoms with Crippen molar-refractivity contribution in [2.45, 2.75) is 50.9 Å². The van der Waals surface area contributed by atoms with Crippen LogP contribution in [-0.2, 0) is 22.6 Å². The minimum atomic E-state index is -0.200. The van der Waals surface area contributed by atoms with E-state index >= 15 is 0 Å². The molecule has 5 nitrogen and oxygen atoms in total. The lowest BCUT2D eigenvalue weighted by molar-refractivity contribution is -0.128. The van der Waals surface area contributed by atoms with E-state index in [-0.39, 0.29) is 23.9 Å². The van der Waals surface area contributed by atoms with E-state index in [9.17, 15) is 9.59 Å². The lowest BCUT2D eigenvalue weighted by Gasteiger charge is -2.26. The number of likely N-dealkylation sites (tertiary alicyclic amines) is 1. The van der Waals surface area contributed by atoms with Gasteiger partial charge in [0.15, 0.2) is 0 Å². The summed E-state index contributed by atoms with van der Waals surface area (Å²) in [5.74, 6) is 0.819. The summed E-state index contributed by atoms with van der Waals surface area (Å²) in [7, 11) is 0. The second kappa shape index (κ2) is 5.64. The molecule has 1 aromatic rings. The SMILES string of the molecule is CC1CC1N1CC(NC(=O)C2Cc3ccccc3CN2)CC1=O. The van der Waals surface area contributed by atoms with E-state index in [2.05, 4.69) is 29.7 Å². The van der Waals surface area contributed by atoms with Gasteiger partial charge in [0.1, 0.15) is 0 Å². The van der Waals surface area contributed by atoms with Crippen molar-refractivity contribution in [1.82, 2.24) is 15.5 Å². The lowest BCUT2D eigenvalue weighted by atomic mass is 9.95. The Morgan fingerprint density at radius 1 is 1.26 bits per heavy atom. The van der Waals surface area contributed by atoms with Gasteiger partial charge in [-0.1, -0.05) is 31.2 Å². The first-order valence-electron chi connectivity index (χ1n) is 8.52. The number of hydrogen-bond donors (Lipinski definition) is 2. The van der Waals surface area contributed by atoms with Crippen molar-refractivity contribution in [2.75, 3.05) is 6.54 Å². The van der Waals surface area contributed by atoms with Gasteiger partial charge in [-0.2, -0.15) is 0 Å². The molecule has 2 N–H and O–H groups in total. The Morgan fingerprint density at radius 2 is 2.00 bits per heavy atom. The quantitative estimate of drug-likeness (QED) is 0.869. The molecule has 23 heavy (non-hydrogen) atoms. The third-order valence-corrected chi connectivity index (χ3v) is 5.37. The molecule has 0 radical (unpaired) electrons. The molecule has 1 aliphatic carbocycles. The van der Waals surface area contributed by atoms with Crippen molar-refractivity contribution in [1.29, 1.82) is 0 Å². The number of hydrogen-bond acceptors (Lipinski definition) is 3. The summed E-state index contributed by atoms with van der Waals surface area (Å²) in [6.07, 6.45) is 2.26. The molecule has 1 saturated carbocycles. The minimum absolute atomic E-state index is 0.0167. The van der Waals surface area contributed by atoms with Gasteiger partial charge in [0, 0.05) is 25.6 Å². The highest BCUT2D eigenvalue weighted by molar-refractivity contribution is 5.85. The van der Waals surface area contributed by atoms with Crippen LogP contribution in [0.1, 0.15) is 30.9 Å². The maximum absolute atomic E-state index is 12.5. The molecule has 4 unspecified atom stereocenters. The Balaban J connectivity index is 1.35. The van der Waals surface area contributed by atoms with Gasteiger partial charge in [0.2, 0.25) is 11.8 Å². The summed E-state index contributed by atoms with van der Waals surface area (Å²) in [6, 6.07) is 8.40. The first-order chi connectivity index (χ1) is 11.1. The molecule has 2 amide bonds. The van der Waals surface area contributed by atoms with Gasteiger partial charge in [-0.25, -0.2) is 0 Å². The fourth-order valence-electron chi connectivity index (χ4n) is 3.83. The normalized spacial score (nSPS) is 32.6. The maximum Gasteiger partial charge on any atom is 0.237 e. The predicted molar refractivity (Wildman–Crippen MR) is 86.6 cm³/mol. The Bertz CT molecular complexity index is 645. The summed E-state index contributed by atoms with van der Waals surface area (Å²) < 4.78 is 0. The van der Waals surface area contributed by atoms with Crippen LogP contribution < -0.4 is 10.6 Å². The molecule has 0 bridgehead atoms. The third-order valence-electron chi connectivity index (χ3n) is 5.37. The van der Waals surface area contributed by atoms with Gasteiger partial charge in [0.25, 0.3) is 0 Å². The number of carbonyl (C=O) groups is 2. The van der Waals surface area contributed by atoms with E-state index in [1.54, 1.807) is 0 Å². The van der Waals surface area contributed by atoms with Crippen molar-refractivity contribution >= 4 is 11.8 Å². The van der Waals surface area contributed by atoms with Crippen LogP contribution in [0.15, 0.2) is 24.3 Å². The van der Waals surface area contributed by atoms with E-state index in [1.165, 1.54) is 11.1 Å². The van der Waals surface area contributed by atoms with Crippen LogP contribution in [0.5, 0.6) is 0 Å². The standard InChI is InChI=1S/C18H23N3O2/c1-11-6-16(11)21-10-14(8-17(21)22)20-18(23)15-7-12-4-2-3-5-13(12)9-19-15/h2-5,11,14-16,19H,6-10H2,1H3,(H,20,23). The van der Waals surface area contributed by atoms with Crippen molar-refractivity contribution in [3.05, 3.63) is 35.4 Å². The summed E-state index contributed by atoms with van der Waals surface area (Å²) in [5, 5.41) is 6.38. The Hall–Kier alpha value is -1.88. The predicted octanol–water partition coefficient (Wildman–Crippen LogP) is 0.826. The van der Waals surface area contributed by atoms with Gasteiger partial charge in [-0.15, -0.1) is 0 Å². The zero-order chi connectivity index (χ0) is 16.0. The fraction of sp³-hybridized carbons (Fsp3) is 0.556. The van der Waals surface area contributed by atoms with E-state index in [1.807, 2.05) is 17.0 Å². The molecular weight excluding hydrogens is 290 g/mol. The largest absolute Gasteiger partial charge is 0.350 e. The second-order valence-corrected chi connectivity index (χ2v) is 7.14. The summed E-state index contributed by atoms with van der Waals surface area (Å²) in [5.41, 5.74) is 2.50. The van der Waals surface area contributed by atoms with Crippen LogP contribution in [0, 0.1) is 5.92 Å². The maximum atomic E-state index is 12.5. The average Bonchev–Trinajstić information content (AvgIpc) is 3.16. The fourth-order valence-corrected chi connectivity index (χ4v) is 3.83. The Kier molecular flexibility index (Phi) is 3.60. The number of rotatable bonds is 3. The molecule has 4 atom stereocenters. The minimum Gasteiger partial charge on any atom is -0.350 e. The summed E-state index contributed by atoms with van der Waals surface area (Å²) in [4.78, 5) is 26.6. The highest BCUT2D eigenvalue weighted by Gasteiger charge is 2.45. The van der Waals surface area contributed by atoms with E-state index in [0.29, 0.717) is 31.3 Å². The number of benzene rings is 1. The smallest absolute Gasteiger partial charge is 0.237 e. The monoisotopic (exact) mass is 313 g/mol. The van der Waals surface area contributed by atoms with Gasteiger partial charge in [0.05, 0.1) is 12.1 Å². The molecule has 122 valence electrons. The van der Waals surface area contributed by atoms with Gasteiger partial charge >= 0.3 is 0 Å². The molecule has 0 spiro atoms. The van der Waals surface area contributed by atoms with Crippen LogP contribution in [0.3, 0.4) is 0 Å². The first kappa shape index (κ1) is 14.7. The third kappa shape index (κ3) is 2.85. The average molecular weight is 313 g/mol. The first-order valence-corrected chi connectivity index (χ1v) is 8.52. The molecule has 1 saturated heterocycles. The molecule has 1 aromatic carbocycles. The molecular formula is C18H23N3O2. The van der Waals surface area contributed by atoms with E-state index < -0.39 is 0 Å². The topological polar surface area (TPSA) is 61.4 Å². The van der Waals surface area contributed by atoms with Crippen molar-refractivity contribution in [3.8, 4) is 0 Å². The Morgan fingerprint density at radius 3 is 2.74 bits per heavy atom. The van der Waals surface area contributed by atoms with Crippen LogP contribution in [0.4, 0.5) is 0 Å². The van der Waals surface area contributed by atoms with Gasteiger partial charge in [-0.05, 0) is 29.9 Å². The number of carbonyl (C=O) groups excluding carboxylic acids is 2. The van der Waals surface area contributed by atoms with Gasteiger partial charge in [-0.3, -0.25) is 9.59 Å². The van der Waals surface area contributed by atoms with Crippen LogP contribution in [0.25, 0.3) is 0 Å². The number of amides is 2. The Labute approximate surface area is 136 Å². The van der Waals surface area contributed by atoms with Crippen molar-refractivity contribution in [3.63, 3.8) is 0 Å². The number of fused-ring (bicyclic) bond motifs is 1. The lowest BCUT2D eigenvalue weighted by Crippen LogP contribution is -2.51. The van der Waals surface area contributed by atoms with Gasteiger partial charge < -0.3 is 15.5 Å². The molecule has 2 heterocycles. The molecule has 2 fully saturated rings. The summed E-state index contributed by atoms with van der Waals surface area (Å²) in [6.45, 7) is 3.57. The van der Waals surface area contributed by atoms with Crippen LogP contribution in [-0.4, -0.2) is 41.4 Å². The van der Waals surface area contributed by atoms with E-state index in [0.717, 1.165) is 13.0 Å². The molecule has 2 aliphatic heterocycles. The number of nitrogens with zero attached hydrogens (tertiary/aromatic N) is 1. The zero-order valence-corrected chi connectivity index (χ0v) is 13.4. The molecule has 3 aliphatic rings. The van der Waals surface area contributed by atoms with E-state index in [4.69, 9.17) is 0 Å². The van der Waals surface area contributed by atoms with Crippen molar-refractivity contribution in [2.24, 2.45) is 5.92 Å². The molecule has 4 rings (SSSR count). The highest BCUT2D eigenvalue weighted by atomic mass is 16.2. The highest BCUT2D eigenvalue weighted by Crippen LogP contribution is 2.37. The zero-order valence-electron chi connectivity index (χ0n) is 13.4. The molecule has 0 aromatic heterocycles. The molecule has 5 heteroatoms. The number of nitrogens with one attached hydrogen (secondary N) is 2. The van der Waals surface area contributed by atoms with Crippen molar-refractivity contribution < 1.29 is 9.59 Å². The van der Waals surface area contributed by atoms with Crippen LogP contribution >= 0.6 is 0 Å². The summed E-state index contributed by atoms with van der Waals surface area (Å²) >= 11 is 0.